The number of carbonyl (C=O) groups excluding carboxylic acids is 1. The molecule has 1 aromatic carbocycles. The van der Waals surface area contributed by atoms with Crippen LogP contribution in [0.3, 0.4) is 0 Å². The standard InChI is InChI=1S/C19H17F3N4O2S/c20-19(21,22)12-28-14-5-3-13(4-6-14)17(27)25-8-10-26(11-9-25)18-24-15-2-1-7-23-16(15)29-18/h1-7H,8-12H2. The zero-order valence-corrected chi connectivity index (χ0v) is 16.0. The van der Waals surface area contributed by atoms with Crippen molar-refractivity contribution in [2.45, 2.75) is 6.18 Å². The van der Waals surface area contributed by atoms with Gasteiger partial charge >= 0.3 is 6.18 Å². The van der Waals surface area contributed by atoms with Crippen LogP contribution in [0.4, 0.5) is 18.3 Å². The van der Waals surface area contributed by atoms with Crippen LogP contribution < -0.4 is 9.64 Å². The molecule has 2 aromatic heterocycles. The van der Waals surface area contributed by atoms with Gasteiger partial charge in [-0.15, -0.1) is 0 Å². The fourth-order valence-corrected chi connectivity index (χ4v) is 4.00. The Labute approximate surface area is 168 Å². The van der Waals surface area contributed by atoms with Crippen molar-refractivity contribution in [2.75, 3.05) is 37.7 Å². The summed E-state index contributed by atoms with van der Waals surface area (Å²) in [5, 5.41) is 0.886. The highest BCUT2D eigenvalue weighted by molar-refractivity contribution is 7.21. The average molecular weight is 422 g/mol. The zero-order valence-electron chi connectivity index (χ0n) is 15.2. The molecule has 1 saturated heterocycles. The summed E-state index contributed by atoms with van der Waals surface area (Å²) < 4.78 is 41.3. The lowest BCUT2D eigenvalue weighted by Gasteiger charge is -2.34. The van der Waals surface area contributed by atoms with E-state index in [1.807, 2.05) is 12.1 Å². The van der Waals surface area contributed by atoms with Crippen molar-refractivity contribution in [3.8, 4) is 5.75 Å². The molecule has 0 unspecified atom stereocenters. The number of alkyl halides is 3. The molecule has 4 rings (SSSR count). The van der Waals surface area contributed by atoms with Crippen LogP contribution in [0.2, 0.25) is 0 Å². The maximum absolute atomic E-state index is 12.7. The molecule has 0 N–H and O–H groups in total. The summed E-state index contributed by atoms with van der Waals surface area (Å²) in [5.74, 6) is -0.0777. The topological polar surface area (TPSA) is 58.6 Å². The quantitative estimate of drug-likeness (QED) is 0.643. The van der Waals surface area contributed by atoms with E-state index in [0.717, 1.165) is 15.5 Å². The maximum Gasteiger partial charge on any atom is 0.422 e. The molecule has 152 valence electrons. The van der Waals surface area contributed by atoms with Crippen LogP contribution in [0.5, 0.6) is 5.75 Å². The van der Waals surface area contributed by atoms with Gasteiger partial charge in [-0.1, -0.05) is 11.3 Å². The average Bonchev–Trinajstić information content (AvgIpc) is 3.16. The predicted octanol–water partition coefficient (Wildman–Crippen LogP) is 3.59. The third kappa shape index (κ3) is 4.58. The number of anilines is 1. The first-order valence-corrected chi connectivity index (χ1v) is 9.76. The number of aromatic nitrogens is 2. The molecule has 0 radical (unpaired) electrons. The van der Waals surface area contributed by atoms with Crippen molar-refractivity contribution in [1.82, 2.24) is 14.9 Å². The van der Waals surface area contributed by atoms with E-state index in [1.54, 1.807) is 11.1 Å². The van der Waals surface area contributed by atoms with E-state index in [1.165, 1.54) is 35.6 Å². The first kappa shape index (κ1) is 19.4. The van der Waals surface area contributed by atoms with E-state index >= 15 is 0 Å². The van der Waals surface area contributed by atoms with Crippen molar-refractivity contribution >= 4 is 32.7 Å². The summed E-state index contributed by atoms with van der Waals surface area (Å²) in [7, 11) is 0. The second kappa shape index (κ2) is 7.86. The number of benzene rings is 1. The summed E-state index contributed by atoms with van der Waals surface area (Å²) in [6, 6.07) is 9.50. The van der Waals surface area contributed by atoms with Gasteiger partial charge in [0.1, 0.15) is 16.1 Å². The third-order valence-corrected chi connectivity index (χ3v) is 5.54. The van der Waals surface area contributed by atoms with Crippen molar-refractivity contribution < 1.29 is 22.7 Å². The van der Waals surface area contributed by atoms with Gasteiger partial charge in [0.05, 0.1) is 0 Å². The molecule has 0 bridgehead atoms. The van der Waals surface area contributed by atoms with Crippen LogP contribution in [0.25, 0.3) is 10.3 Å². The van der Waals surface area contributed by atoms with E-state index in [4.69, 9.17) is 0 Å². The molecule has 3 heterocycles. The number of piperazine rings is 1. The largest absolute Gasteiger partial charge is 0.484 e. The predicted molar refractivity (Wildman–Crippen MR) is 104 cm³/mol. The van der Waals surface area contributed by atoms with Gasteiger partial charge in [-0.05, 0) is 36.4 Å². The van der Waals surface area contributed by atoms with Crippen LogP contribution in [0.15, 0.2) is 42.6 Å². The fraction of sp³-hybridized carbons (Fsp3) is 0.316. The van der Waals surface area contributed by atoms with E-state index in [2.05, 4.69) is 19.6 Å². The normalized spacial score (nSPS) is 15.0. The minimum Gasteiger partial charge on any atom is -0.484 e. The number of amides is 1. The summed E-state index contributed by atoms with van der Waals surface area (Å²) in [6.45, 7) is 1.02. The minimum absolute atomic E-state index is 0.0770. The number of carbonyl (C=O) groups is 1. The Hall–Kier alpha value is -2.88. The number of thiazole rings is 1. The first-order valence-electron chi connectivity index (χ1n) is 8.94. The molecular weight excluding hydrogens is 405 g/mol. The second-order valence-electron chi connectivity index (χ2n) is 6.53. The molecule has 1 aliphatic rings. The fourth-order valence-electron chi connectivity index (χ4n) is 3.04. The minimum atomic E-state index is -4.40. The van der Waals surface area contributed by atoms with E-state index < -0.39 is 12.8 Å². The summed E-state index contributed by atoms with van der Waals surface area (Å²) in [4.78, 5) is 26.3. The number of hydrogen-bond acceptors (Lipinski definition) is 6. The highest BCUT2D eigenvalue weighted by atomic mass is 32.1. The molecule has 29 heavy (non-hydrogen) atoms. The van der Waals surface area contributed by atoms with Gasteiger partial charge in [-0.25, -0.2) is 9.97 Å². The molecule has 0 spiro atoms. The van der Waals surface area contributed by atoms with Crippen molar-refractivity contribution in [3.05, 3.63) is 48.2 Å². The van der Waals surface area contributed by atoms with Gasteiger partial charge in [0.15, 0.2) is 11.7 Å². The van der Waals surface area contributed by atoms with Gasteiger partial charge in [0.2, 0.25) is 0 Å². The molecule has 0 aliphatic carbocycles. The van der Waals surface area contributed by atoms with E-state index in [9.17, 15) is 18.0 Å². The Bertz CT molecular complexity index is 966. The van der Waals surface area contributed by atoms with Crippen molar-refractivity contribution in [1.29, 1.82) is 0 Å². The third-order valence-electron chi connectivity index (χ3n) is 4.50. The Balaban J connectivity index is 1.35. The highest BCUT2D eigenvalue weighted by Gasteiger charge is 2.28. The number of rotatable bonds is 4. The number of pyridine rings is 1. The van der Waals surface area contributed by atoms with E-state index in [-0.39, 0.29) is 11.7 Å². The van der Waals surface area contributed by atoms with Crippen molar-refractivity contribution in [2.24, 2.45) is 0 Å². The SMILES string of the molecule is O=C(c1ccc(OCC(F)(F)F)cc1)N1CCN(c2nc3cccnc3s2)CC1. The Morgan fingerprint density at radius 1 is 1.10 bits per heavy atom. The smallest absolute Gasteiger partial charge is 0.422 e. The van der Waals surface area contributed by atoms with Crippen molar-refractivity contribution in [3.63, 3.8) is 0 Å². The van der Waals surface area contributed by atoms with Gasteiger partial charge in [0.25, 0.3) is 5.91 Å². The number of ether oxygens (including phenoxy) is 1. The highest BCUT2D eigenvalue weighted by Crippen LogP contribution is 2.28. The van der Waals surface area contributed by atoms with E-state index in [0.29, 0.717) is 31.7 Å². The van der Waals surface area contributed by atoms with Gasteiger partial charge in [0, 0.05) is 37.9 Å². The number of halogens is 3. The van der Waals surface area contributed by atoms with Crippen LogP contribution in [-0.4, -0.2) is 59.7 Å². The van der Waals surface area contributed by atoms with Crippen LogP contribution in [-0.2, 0) is 0 Å². The molecule has 1 fully saturated rings. The Morgan fingerprint density at radius 3 is 2.48 bits per heavy atom. The molecule has 10 heteroatoms. The second-order valence-corrected chi connectivity index (χ2v) is 7.49. The molecule has 1 amide bonds. The summed E-state index contributed by atoms with van der Waals surface area (Å²) in [5.41, 5.74) is 1.28. The lowest BCUT2D eigenvalue weighted by molar-refractivity contribution is -0.153. The lowest BCUT2D eigenvalue weighted by atomic mass is 10.1. The Morgan fingerprint density at radius 2 is 1.83 bits per heavy atom. The molecular formula is C19H17F3N4O2S. The van der Waals surface area contributed by atoms with Gasteiger partial charge in [-0.2, -0.15) is 13.2 Å². The van der Waals surface area contributed by atoms with Gasteiger partial charge in [-0.3, -0.25) is 4.79 Å². The summed E-state index contributed by atoms with van der Waals surface area (Å²) in [6.07, 6.45) is -2.66. The zero-order chi connectivity index (χ0) is 20.4. The molecule has 0 saturated carbocycles. The maximum atomic E-state index is 12.7. The van der Waals surface area contributed by atoms with Crippen LogP contribution in [0, 0.1) is 0 Å². The Kier molecular flexibility index (Phi) is 5.27. The van der Waals surface area contributed by atoms with Crippen LogP contribution >= 0.6 is 11.3 Å². The number of nitrogens with zero attached hydrogens (tertiary/aromatic N) is 4. The number of fused-ring (bicyclic) bond motifs is 1. The first-order chi connectivity index (χ1) is 13.9. The molecule has 6 nitrogen and oxygen atoms in total. The summed E-state index contributed by atoms with van der Waals surface area (Å²) >= 11 is 1.52. The lowest BCUT2D eigenvalue weighted by Crippen LogP contribution is -2.48. The molecule has 3 aromatic rings. The number of hydrogen-bond donors (Lipinski definition) is 0. The monoisotopic (exact) mass is 422 g/mol. The van der Waals surface area contributed by atoms with Gasteiger partial charge < -0.3 is 14.5 Å². The molecule has 1 aliphatic heterocycles. The van der Waals surface area contributed by atoms with Crippen LogP contribution in [0.1, 0.15) is 10.4 Å². The molecule has 0 atom stereocenters.